The quantitative estimate of drug-likeness (QED) is 0.397. The molecule has 6 rings (SSSR count). The minimum absolute atomic E-state index is 0.0439. The second kappa shape index (κ2) is 10.6. The zero-order chi connectivity index (χ0) is 28.7. The molecule has 11 nitrogen and oxygen atoms in total. The first-order chi connectivity index (χ1) is 19.7. The smallest absolute Gasteiger partial charge is 0.264 e. The van der Waals surface area contributed by atoms with Crippen molar-refractivity contribution >= 4 is 21.9 Å². The van der Waals surface area contributed by atoms with Gasteiger partial charge in [0, 0.05) is 56.6 Å². The highest BCUT2D eigenvalue weighted by Gasteiger charge is 2.33. The normalized spacial score (nSPS) is 18.8. The van der Waals surface area contributed by atoms with Gasteiger partial charge in [0.05, 0.1) is 28.7 Å². The van der Waals surface area contributed by atoms with Crippen LogP contribution in [0.5, 0.6) is 5.88 Å². The number of sulfonamides is 1. The number of amides is 1. The Kier molecular flexibility index (Phi) is 6.96. The van der Waals surface area contributed by atoms with E-state index in [1.54, 1.807) is 29.4 Å². The number of aryl methyl sites for hydroxylation is 3. The number of hydrogen-bond acceptors (Lipinski definition) is 8. The third-order valence-corrected chi connectivity index (χ3v) is 8.94. The van der Waals surface area contributed by atoms with Gasteiger partial charge in [-0.15, -0.1) is 0 Å². The van der Waals surface area contributed by atoms with Crippen LogP contribution < -0.4 is 9.46 Å². The van der Waals surface area contributed by atoms with Crippen molar-refractivity contribution in [3.8, 4) is 17.1 Å². The van der Waals surface area contributed by atoms with E-state index in [0.29, 0.717) is 37.4 Å². The first-order valence-corrected chi connectivity index (χ1v) is 14.9. The fraction of sp³-hybridized carbons (Fsp3) is 0.310. The predicted molar refractivity (Wildman–Crippen MR) is 153 cm³/mol. The van der Waals surface area contributed by atoms with Gasteiger partial charge in [0.1, 0.15) is 6.61 Å². The van der Waals surface area contributed by atoms with Crippen molar-refractivity contribution in [3.05, 3.63) is 83.4 Å². The van der Waals surface area contributed by atoms with Crippen molar-refractivity contribution in [2.45, 2.75) is 31.3 Å². The van der Waals surface area contributed by atoms with Crippen LogP contribution in [0.4, 0.5) is 5.95 Å². The minimum atomic E-state index is -4.09. The van der Waals surface area contributed by atoms with Crippen LogP contribution in [0.2, 0.25) is 0 Å². The Morgan fingerprint density at radius 2 is 1.83 bits per heavy atom. The number of benzene rings is 2. The number of carbonyl (C=O) groups excluding carboxylic acids is 1. The number of rotatable bonds is 3. The van der Waals surface area contributed by atoms with Crippen LogP contribution in [-0.2, 0) is 23.6 Å². The Morgan fingerprint density at radius 3 is 2.59 bits per heavy atom. The van der Waals surface area contributed by atoms with Gasteiger partial charge in [0.15, 0.2) is 0 Å². The Morgan fingerprint density at radius 1 is 1.05 bits per heavy atom. The van der Waals surface area contributed by atoms with E-state index in [0.717, 1.165) is 22.4 Å². The van der Waals surface area contributed by atoms with Gasteiger partial charge in [-0.05, 0) is 43.2 Å². The highest BCUT2D eigenvalue weighted by Crippen LogP contribution is 2.30. The third kappa shape index (κ3) is 5.40. The van der Waals surface area contributed by atoms with Crippen molar-refractivity contribution in [2.75, 3.05) is 31.0 Å². The van der Waals surface area contributed by atoms with E-state index in [1.165, 1.54) is 12.1 Å². The molecule has 4 aromatic rings. The molecule has 2 aromatic heterocycles. The van der Waals surface area contributed by atoms with Crippen LogP contribution in [0.3, 0.4) is 0 Å². The molecule has 0 unspecified atom stereocenters. The maximum Gasteiger partial charge on any atom is 0.264 e. The van der Waals surface area contributed by atoms with Gasteiger partial charge >= 0.3 is 0 Å². The Balaban J connectivity index is 1.42. The summed E-state index contributed by atoms with van der Waals surface area (Å²) in [6.45, 7) is 6.49. The highest BCUT2D eigenvalue weighted by molar-refractivity contribution is 7.92. The molecular formula is C29H31N7O4S. The van der Waals surface area contributed by atoms with Crippen LogP contribution >= 0.6 is 0 Å². The van der Waals surface area contributed by atoms with Gasteiger partial charge in [-0.3, -0.25) is 9.69 Å². The summed E-state index contributed by atoms with van der Waals surface area (Å²) in [5.74, 6) is -0.129. The summed E-state index contributed by atoms with van der Waals surface area (Å²) in [6, 6.07) is 13.4. The second-order valence-corrected chi connectivity index (χ2v) is 12.2. The van der Waals surface area contributed by atoms with Gasteiger partial charge in [0.25, 0.3) is 15.9 Å². The molecule has 1 fully saturated rings. The molecule has 1 atom stereocenters. The van der Waals surface area contributed by atoms with Crippen molar-refractivity contribution in [2.24, 2.45) is 7.05 Å². The number of nitrogens with zero attached hydrogens (tertiary/aromatic N) is 6. The van der Waals surface area contributed by atoms with Crippen molar-refractivity contribution in [3.63, 3.8) is 0 Å². The number of aromatic nitrogens is 4. The number of anilines is 1. The maximum absolute atomic E-state index is 13.7. The first-order valence-electron chi connectivity index (χ1n) is 13.4. The van der Waals surface area contributed by atoms with Gasteiger partial charge in [-0.1, -0.05) is 24.3 Å². The summed E-state index contributed by atoms with van der Waals surface area (Å²) >= 11 is 0. The number of imidazole rings is 1. The summed E-state index contributed by atoms with van der Waals surface area (Å²) in [7, 11) is -2.13. The number of fused-ring (bicyclic) bond motifs is 5. The lowest BCUT2D eigenvalue weighted by Crippen LogP contribution is -2.57. The molecule has 41 heavy (non-hydrogen) atoms. The molecule has 12 heteroatoms. The van der Waals surface area contributed by atoms with Crippen LogP contribution in [0, 0.1) is 13.8 Å². The van der Waals surface area contributed by atoms with Gasteiger partial charge in [0.2, 0.25) is 11.8 Å². The summed E-state index contributed by atoms with van der Waals surface area (Å²) in [5.41, 5.74) is 4.76. The van der Waals surface area contributed by atoms with Crippen LogP contribution in [0.1, 0.15) is 27.2 Å². The standard InChI is InChI=1S/C29H31N7O4S/c1-19-6-4-7-20(2)27(19)25-13-26-32-29(31-25)33-41(38,39)24-9-5-8-21(12-24)28(37)36-11-10-35(16-23(36)17-40-26)15-22-14-30-18-34(22)3/h4-9,12-14,18,23H,10-11,15-17H2,1-3H3,(H,31,32,33)/t23-/m1/s1. The zero-order valence-electron chi connectivity index (χ0n) is 23.1. The number of carbonyl (C=O) groups is 1. The van der Waals surface area contributed by atoms with Gasteiger partial charge in [-0.2, -0.15) is 4.98 Å². The average Bonchev–Trinajstić information content (AvgIpc) is 3.35. The fourth-order valence-electron chi connectivity index (χ4n) is 5.45. The molecule has 2 aliphatic rings. The molecule has 212 valence electrons. The van der Waals surface area contributed by atoms with Gasteiger partial charge < -0.3 is 14.2 Å². The first kappa shape index (κ1) is 26.9. The molecule has 0 aliphatic carbocycles. The molecule has 0 spiro atoms. The monoisotopic (exact) mass is 573 g/mol. The molecule has 4 bridgehead atoms. The largest absolute Gasteiger partial charge is 0.475 e. The van der Waals surface area contributed by atoms with E-state index < -0.39 is 10.0 Å². The van der Waals surface area contributed by atoms with E-state index in [2.05, 4.69) is 24.6 Å². The summed E-state index contributed by atoms with van der Waals surface area (Å²) < 4.78 is 37.5. The van der Waals surface area contributed by atoms with Crippen molar-refractivity contribution in [1.82, 2.24) is 29.3 Å². The van der Waals surface area contributed by atoms with E-state index in [4.69, 9.17) is 4.74 Å². The number of piperazine rings is 1. The van der Waals surface area contributed by atoms with Crippen LogP contribution in [-0.4, -0.2) is 75.9 Å². The average molecular weight is 574 g/mol. The predicted octanol–water partition coefficient (Wildman–Crippen LogP) is 3.01. The maximum atomic E-state index is 13.7. The second-order valence-electron chi connectivity index (χ2n) is 10.5. The van der Waals surface area contributed by atoms with E-state index in [1.807, 2.05) is 49.9 Å². The fourth-order valence-corrected chi connectivity index (χ4v) is 6.44. The van der Waals surface area contributed by atoms with Gasteiger partial charge in [-0.25, -0.2) is 23.1 Å². The topological polar surface area (TPSA) is 123 Å². The SMILES string of the molecule is Cc1cccc(C)c1-c1cc2nc(n1)NS(=O)(=O)c1cccc(c1)C(=O)N1CCN(Cc3cncn3C)C[C@@H]1CO2. The summed E-state index contributed by atoms with van der Waals surface area (Å²) in [4.78, 5) is 30.9. The molecule has 4 heterocycles. The lowest BCUT2D eigenvalue weighted by Gasteiger charge is -2.41. The lowest BCUT2D eigenvalue weighted by molar-refractivity contribution is 0.0306. The summed E-state index contributed by atoms with van der Waals surface area (Å²) in [5, 5.41) is 0. The molecule has 1 N–H and O–H groups in total. The molecule has 0 saturated carbocycles. The van der Waals surface area contributed by atoms with Crippen molar-refractivity contribution in [1.29, 1.82) is 0 Å². The lowest BCUT2D eigenvalue weighted by atomic mass is 10.00. The molecule has 0 radical (unpaired) electrons. The third-order valence-electron chi connectivity index (χ3n) is 7.61. The number of nitrogens with one attached hydrogen (secondary N) is 1. The van der Waals surface area contributed by atoms with Crippen LogP contribution in [0.15, 0.2) is 66.0 Å². The molecule has 2 aromatic carbocycles. The zero-order valence-corrected chi connectivity index (χ0v) is 23.9. The molecule has 1 amide bonds. The minimum Gasteiger partial charge on any atom is -0.475 e. The van der Waals surface area contributed by atoms with Crippen LogP contribution in [0.25, 0.3) is 11.3 Å². The molecule has 2 aliphatic heterocycles. The highest BCUT2D eigenvalue weighted by atomic mass is 32.2. The Labute approximate surface area is 238 Å². The summed E-state index contributed by atoms with van der Waals surface area (Å²) in [6.07, 6.45) is 3.61. The number of ether oxygens (including phenoxy) is 1. The van der Waals surface area contributed by atoms with E-state index in [9.17, 15) is 13.2 Å². The van der Waals surface area contributed by atoms with Crippen molar-refractivity contribution < 1.29 is 17.9 Å². The Bertz CT molecular complexity index is 1720. The molecule has 1 saturated heterocycles. The van der Waals surface area contributed by atoms with E-state index in [-0.39, 0.29) is 35.3 Å². The Hall–Kier alpha value is -4.29. The number of hydrogen-bond donors (Lipinski definition) is 1. The molecular weight excluding hydrogens is 542 g/mol. The van der Waals surface area contributed by atoms with E-state index >= 15 is 0 Å².